The summed E-state index contributed by atoms with van der Waals surface area (Å²) in [4.78, 5) is 27.6. The second kappa shape index (κ2) is 7.52. The molecule has 2 aromatic heterocycles. The number of amides is 1. The number of aryl methyl sites for hydroxylation is 1. The average Bonchev–Trinajstić information content (AvgIpc) is 3.00. The van der Waals surface area contributed by atoms with E-state index in [9.17, 15) is 9.59 Å². The number of likely N-dealkylation sites (tertiary alicyclic amines) is 1. The highest BCUT2D eigenvalue weighted by molar-refractivity contribution is 6.07. The molecule has 1 saturated heterocycles. The van der Waals surface area contributed by atoms with Gasteiger partial charge in [0.2, 0.25) is 5.91 Å². The van der Waals surface area contributed by atoms with Crippen LogP contribution >= 0.6 is 0 Å². The quantitative estimate of drug-likeness (QED) is 0.742. The molecule has 0 atom stereocenters. The highest BCUT2D eigenvalue weighted by atomic mass is 16.2. The van der Waals surface area contributed by atoms with Crippen molar-refractivity contribution in [3.05, 3.63) is 40.8 Å². The number of nitrogens with zero attached hydrogens (tertiary/aromatic N) is 4. The summed E-state index contributed by atoms with van der Waals surface area (Å²) in [6.07, 6.45) is 5.49. The summed E-state index contributed by atoms with van der Waals surface area (Å²) < 4.78 is 3.12. The van der Waals surface area contributed by atoms with Gasteiger partial charge in [0.25, 0.3) is 5.56 Å². The Hall–Kier alpha value is -2.67. The van der Waals surface area contributed by atoms with E-state index < -0.39 is 0 Å². The van der Waals surface area contributed by atoms with Crippen molar-refractivity contribution in [1.29, 1.82) is 0 Å². The van der Waals surface area contributed by atoms with E-state index >= 15 is 0 Å². The maximum atomic E-state index is 12.7. The molecule has 1 aliphatic heterocycles. The van der Waals surface area contributed by atoms with Crippen molar-refractivity contribution in [3.63, 3.8) is 0 Å². The molecule has 0 radical (unpaired) electrons. The van der Waals surface area contributed by atoms with E-state index in [4.69, 9.17) is 0 Å². The van der Waals surface area contributed by atoms with Gasteiger partial charge in [0.1, 0.15) is 12.1 Å². The molecule has 1 N–H and O–H groups in total. The number of benzene rings is 1. The number of hydrogen-bond donors (Lipinski definition) is 1. The summed E-state index contributed by atoms with van der Waals surface area (Å²) in [6.45, 7) is 3.88. The Bertz CT molecular complexity index is 1030. The lowest BCUT2D eigenvalue weighted by Crippen LogP contribution is -2.38. The van der Waals surface area contributed by atoms with Crippen LogP contribution in [0.3, 0.4) is 0 Å². The molecule has 0 bridgehead atoms. The van der Waals surface area contributed by atoms with Crippen LogP contribution in [-0.2, 0) is 18.4 Å². The Morgan fingerprint density at radius 3 is 2.74 bits per heavy atom. The topological polar surface area (TPSA) is 72.2 Å². The monoisotopic (exact) mass is 367 g/mol. The normalized spacial score (nSPS) is 15.4. The molecule has 0 unspecified atom stereocenters. The summed E-state index contributed by atoms with van der Waals surface area (Å²) in [5.41, 5.74) is 1.22. The number of hydrogen-bond acceptors (Lipinski definition) is 4. The van der Waals surface area contributed by atoms with Gasteiger partial charge in [-0.2, -0.15) is 5.10 Å². The molecule has 7 heteroatoms. The molecule has 0 spiro atoms. The highest BCUT2D eigenvalue weighted by Gasteiger charge is 2.17. The highest BCUT2D eigenvalue weighted by Crippen LogP contribution is 2.25. The Morgan fingerprint density at radius 1 is 1.15 bits per heavy atom. The van der Waals surface area contributed by atoms with Crippen LogP contribution in [0.2, 0.25) is 0 Å². The third kappa shape index (κ3) is 3.47. The van der Waals surface area contributed by atoms with E-state index in [0.717, 1.165) is 35.9 Å². The first-order valence-corrected chi connectivity index (χ1v) is 9.57. The van der Waals surface area contributed by atoms with Crippen LogP contribution in [0.5, 0.6) is 0 Å². The number of carbonyl (C=O) groups is 1. The maximum absolute atomic E-state index is 12.7. The lowest BCUT2D eigenvalue weighted by molar-refractivity contribution is -0.121. The fourth-order valence-corrected chi connectivity index (χ4v) is 3.94. The van der Waals surface area contributed by atoms with Crippen molar-refractivity contribution in [3.8, 4) is 0 Å². The molecule has 1 amide bonds. The lowest BCUT2D eigenvalue weighted by Gasteiger charge is -2.26. The second-order valence-electron chi connectivity index (χ2n) is 7.19. The first-order chi connectivity index (χ1) is 13.1. The van der Waals surface area contributed by atoms with Crippen LogP contribution in [-0.4, -0.2) is 51.3 Å². The fourth-order valence-electron chi connectivity index (χ4n) is 3.94. The molecule has 142 valence electrons. The zero-order valence-electron chi connectivity index (χ0n) is 15.6. The molecular formula is C20H25N5O2. The van der Waals surface area contributed by atoms with Gasteiger partial charge in [-0.25, -0.2) is 4.68 Å². The smallest absolute Gasteiger partial charge is 0.291 e. The Labute approximate surface area is 157 Å². The van der Waals surface area contributed by atoms with E-state index in [1.54, 1.807) is 13.2 Å². The van der Waals surface area contributed by atoms with Gasteiger partial charge < -0.3 is 14.8 Å². The zero-order chi connectivity index (χ0) is 18.8. The summed E-state index contributed by atoms with van der Waals surface area (Å²) in [7, 11) is 1.63. The van der Waals surface area contributed by atoms with Crippen molar-refractivity contribution in [2.24, 2.45) is 7.05 Å². The largest absolute Gasteiger partial charge is 0.353 e. The zero-order valence-corrected chi connectivity index (χ0v) is 15.6. The summed E-state index contributed by atoms with van der Waals surface area (Å²) >= 11 is 0. The second-order valence-corrected chi connectivity index (χ2v) is 7.19. The van der Waals surface area contributed by atoms with Crippen LogP contribution in [0.25, 0.3) is 21.8 Å². The van der Waals surface area contributed by atoms with Gasteiger partial charge in [-0.15, -0.1) is 0 Å². The van der Waals surface area contributed by atoms with Crippen LogP contribution in [0.4, 0.5) is 0 Å². The number of para-hydroxylation sites is 1. The molecule has 4 rings (SSSR count). The molecule has 3 heterocycles. The number of aromatic nitrogens is 3. The number of piperidine rings is 1. The summed E-state index contributed by atoms with van der Waals surface area (Å²) in [5, 5.41) is 8.87. The van der Waals surface area contributed by atoms with Crippen LogP contribution < -0.4 is 10.9 Å². The van der Waals surface area contributed by atoms with E-state index in [2.05, 4.69) is 15.3 Å². The SMILES string of the molecule is Cn1ncc2c3ccccc3n(CC(=O)NCCN3CCCCC3)c2c1=O. The number of carbonyl (C=O) groups excluding carboxylic acids is 1. The van der Waals surface area contributed by atoms with Crippen LogP contribution in [0.1, 0.15) is 19.3 Å². The predicted molar refractivity (Wildman–Crippen MR) is 106 cm³/mol. The standard InChI is InChI=1S/C20H25N5O2/c1-23-20(27)19-16(13-22-23)15-7-3-4-8-17(15)25(19)14-18(26)21-9-12-24-10-5-2-6-11-24/h3-4,7-8,13H,2,5-6,9-12,14H2,1H3,(H,21,26). The molecule has 7 nitrogen and oxygen atoms in total. The molecule has 0 aliphatic carbocycles. The van der Waals surface area contributed by atoms with Gasteiger partial charge >= 0.3 is 0 Å². The van der Waals surface area contributed by atoms with Gasteiger partial charge in [0.15, 0.2) is 0 Å². The van der Waals surface area contributed by atoms with Crippen LogP contribution in [0, 0.1) is 0 Å². The van der Waals surface area contributed by atoms with E-state index in [1.807, 2.05) is 28.8 Å². The number of nitrogens with one attached hydrogen (secondary N) is 1. The molecule has 0 saturated carbocycles. The molecule has 1 aromatic carbocycles. The van der Waals surface area contributed by atoms with E-state index in [0.29, 0.717) is 12.1 Å². The van der Waals surface area contributed by atoms with Gasteiger partial charge in [-0.1, -0.05) is 24.6 Å². The fraction of sp³-hybridized carbons (Fsp3) is 0.450. The Kier molecular flexibility index (Phi) is 4.94. The Morgan fingerprint density at radius 2 is 1.93 bits per heavy atom. The maximum Gasteiger partial charge on any atom is 0.291 e. The average molecular weight is 367 g/mol. The molecular weight excluding hydrogens is 342 g/mol. The third-order valence-electron chi connectivity index (χ3n) is 5.37. The summed E-state index contributed by atoms with van der Waals surface area (Å²) in [5.74, 6) is -0.0754. The first kappa shape index (κ1) is 17.7. The summed E-state index contributed by atoms with van der Waals surface area (Å²) in [6, 6.07) is 7.76. The lowest BCUT2D eigenvalue weighted by atomic mass is 10.1. The Balaban J connectivity index is 1.56. The van der Waals surface area contributed by atoms with Crippen molar-refractivity contribution in [2.75, 3.05) is 26.2 Å². The van der Waals surface area contributed by atoms with Crippen molar-refractivity contribution in [1.82, 2.24) is 24.6 Å². The number of rotatable bonds is 5. The van der Waals surface area contributed by atoms with Crippen molar-refractivity contribution >= 4 is 27.7 Å². The molecule has 1 aliphatic rings. The van der Waals surface area contributed by atoms with Crippen LogP contribution in [0.15, 0.2) is 35.3 Å². The predicted octanol–water partition coefficient (Wildman–Crippen LogP) is 1.49. The third-order valence-corrected chi connectivity index (χ3v) is 5.37. The molecule has 27 heavy (non-hydrogen) atoms. The van der Waals surface area contributed by atoms with Gasteiger partial charge in [0.05, 0.1) is 6.20 Å². The van der Waals surface area contributed by atoms with Gasteiger partial charge in [-0.05, 0) is 32.0 Å². The van der Waals surface area contributed by atoms with E-state index in [1.165, 1.54) is 23.9 Å². The van der Waals surface area contributed by atoms with Crippen molar-refractivity contribution in [2.45, 2.75) is 25.8 Å². The minimum absolute atomic E-state index is 0.0754. The van der Waals surface area contributed by atoms with Gasteiger partial charge in [-0.3, -0.25) is 9.59 Å². The molecule has 1 fully saturated rings. The minimum Gasteiger partial charge on any atom is -0.353 e. The van der Waals surface area contributed by atoms with Gasteiger partial charge in [0, 0.05) is 36.4 Å². The molecule has 3 aromatic rings. The first-order valence-electron chi connectivity index (χ1n) is 9.57. The van der Waals surface area contributed by atoms with E-state index in [-0.39, 0.29) is 18.0 Å². The number of fused-ring (bicyclic) bond motifs is 3. The van der Waals surface area contributed by atoms with Crippen molar-refractivity contribution < 1.29 is 4.79 Å². The minimum atomic E-state index is -0.190.